The van der Waals surface area contributed by atoms with Crippen molar-refractivity contribution < 1.29 is 4.79 Å². The summed E-state index contributed by atoms with van der Waals surface area (Å²) in [5.74, 6) is 0.0632. The predicted molar refractivity (Wildman–Crippen MR) is 109 cm³/mol. The molecule has 26 heavy (non-hydrogen) atoms. The number of nitrogens with zero attached hydrogens (tertiary/aromatic N) is 2. The summed E-state index contributed by atoms with van der Waals surface area (Å²) in [5.41, 5.74) is 4.64. The molecule has 0 spiro atoms. The molecule has 0 N–H and O–H groups in total. The second-order valence-corrected chi connectivity index (χ2v) is 8.45. The Hall–Kier alpha value is -2.33. The van der Waals surface area contributed by atoms with Gasteiger partial charge in [-0.2, -0.15) is 0 Å². The predicted octanol–water partition coefficient (Wildman–Crippen LogP) is 5.38. The Balaban J connectivity index is 1.86. The van der Waals surface area contributed by atoms with E-state index in [4.69, 9.17) is 0 Å². The van der Waals surface area contributed by atoms with Crippen LogP contribution in [0.25, 0.3) is 10.9 Å². The third kappa shape index (κ3) is 3.10. The van der Waals surface area contributed by atoms with Gasteiger partial charge in [0.2, 0.25) is 0 Å². The molecule has 1 unspecified atom stereocenters. The molecule has 4 rings (SSSR count). The van der Waals surface area contributed by atoms with Crippen molar-refractivity contribution in [3.05, 3.63) is 65.4 Å². The van der Waals surface area contributed by atoms with Crippen molar-refractivity contribution in [2.75, 3.05) is 11.4 Å². The average molecular weight is 362 g/mol. The van der Waals surface area contributed by atoms with Gasteiger partial charge in [0, 0.05) is 27.8 Å². The largest absolute Gasteiger partial charge is 0.307 e. The number of carbonyl (C=O) groups excluding carboxylic acids is 1. The lowest BCUT2D eigenvalue weighted by atomic mass is 10.0. The quantitative estimate of drug-likeness (QED) is 0.582. The van der Waals surface area contributed by atoms with E-state index >= 15 is 0 Å². The lowest BCUT2D eigenvalue weighted by Crippen LogP contribution is -2.32. The van der Waals surface area contributed by atoms with Gasteiger partial charge in [0.25, 0.3) is 5.91 Å². The van der Waals surface area contributed by atoms with E-state index < -0.39 is 0 Å². The zero-order valence-electron chi connectivity index (χ0n) is 15.3. The fourth-order valence-electron chi connectivity index (χ4n) is 3.49. The van der Waals surface area contributed by atoms with Crippen LogP contribution >= 0.6 is 11.8 Å². The Bertz CT molecular complexity index is 999. The minimum atomic E-state index is 0.0632. The summed E-state index contributed by atoms with van der Waals surface area (Å²) in [5, 5.41) is 1.43. The number of aryl methyl sites for hydroxylation is 2. The first kappa shape index (κ1) is 17.1. The van der Waals surface area contributed by atoms with Gasteiger partial charge in [-0.05, 0) is 50.6 Å². The normalized spacial score (nSPS) is 17.0. The van der Waals surface area contributed by atoms with E-state index in [1.54, 1.807) is 0 Å². The van der Waals surface area contributed by atoms with Crippen LogP contribution in [0, 0.1) is 13.8 Å². The highest BCUT2D eigenvalue weighted by molar-refractivity contribution is 8.00. The van der Waals surface area contributed by atoms with Crippen molar-refractivity contribution in [3.63, 3.8) is 0 Å². The van der Waals surface area contributed by atoms with E-state index in [9.17, 15) is 4.79 Å². The number of aromatic nitrogens is 1. The van der Waals surface area contributed by atoms with Crippen molar-refractivity contribution in [2.24, 2.45) is 0 Å². The SMILES string of the molecule is Cc1ccc2nc(C)cc(C(=O)N3CCC(C)Sc4ccccc43)c2c1. The van der Waals surface area contributed by atoms with E-state index in [1.807, 2.05) is 60.8 Å². The number of rotatable bonds is 1. The van der Waals surface area contributed by atoms with E-state index in [-0.39, 0.29) is 5.91 Å². The summed E-state index contributed by atoms with van der Waals surface area (Å²) in [6.07, 6.45) is 0.978. The molecule has 132 valence electrons. The molecule has 1 aliphatic rings. The topological polar surface area (TPSA) is 33.2 Å². The van der Waals surface area contributed by atoms with Gasteiger partial charge in [0.1, 0.15) is 0 Å². The summed E-state index contributed by atoms with van der Waals surface area (Å²) < 4.78 is 0. The number of para-hydroxylation sites is 1. The zero-order chi connectivity index (χ0) is 18.3. The molecule has 2 aromatic carbocycles. The number of amides is 1. The maximum absolute atomic E-state index is 13.6. The molecular weight excluding hydrogens is 340 g/mol. The number of hydrogen-bond acceptors (Lipinski definition) is 3. The first-order valence-corrected chi connectivity index (χ1v) is 9.86. The highest BCUT2D eigenvalue weighted by atomic mass is 32.2. The van der Waals surface area contributed by atoms with Crippen LogP contribution in [-0.4, -0.2) is 22.7 Å². The third-order valence-corrected chi connectivity index (χ3v) is 6.05. The summed E-state index contributed by atoms with van der Waals surface area (Å²) >= 11 is 1.85. The first-order chi connectivity index (χ1) is 12.5. The molecule has 1 amide bonds. The number of hydrogen-bond donors (Lipinski definition) is 0. The number of pyridine rings is 1. The molecule has 0 aliphatic carbocycles. The van der Waals surface area contributed by atoms with Crippen LogP contribution in [0.4, 0.5) is 5.69 Å². The maximum Gasteiger partial charge on any atom is 0.259 e. The van der Waals surface area contributed by atoms with Crippen molar-refractivity contribution in [1.29, 1.82) is 0 Å². The van der Waals surface area contributed by atoms with Crippen molar-refractivity contribution in [3.8, 4) is 0 Å². The van der Waals surface area contributed by atoms with E-state index in [2.05, 4.69) is 30.1 Å². The van der Waals surface area contributed by atoms with E-state index in [0.717, 1.165) is 46.4 Å². The van der Waals surface area contributed by atoms with Crippen LogP contribution < -0.4 is 4.90 Å². The van der Waals surface area contributed by atoms with Gasteiger partial charge in [0.05, 0.1) is 16.8 Å². The summed E-state index contributed by atoms with van der Waals surface area (Å²) in [6.45, 7) is 6.96. The van der Waals surface area contributed by atoms with Gasteiger partial charge >= 0.3 is 0 Å². The van der Waals surface area contributed by atoms with Crippen LogP contribution in [0.2, 0.25) is 0 Å². The van der Waals surface area contributed by atoms with Gasteiger partial charge < -0.3 is 4.90 Å². The Labute approximate surface area is 158 Å². The van der Waals surface area contributed by atoms with Crippen molar-refractivity contribution >= 4 is 34.3 Å². The van der Waals surface area contributed by atoms with Gasteiger partial charge in [-0.1, -0.05) is 30.7 Å². The zero-order valence-corrected chi connectivity index (χ0v) is 16.1. The smallest absolute Gasteiger partial charge is 0.259 e. The number of carbonyl (C=O) groups is 1. The molecule has 0 fully saturated rings. The van der Waals surface area contributed by atoms with Gasteiger partial charge in [-0.3, -0.25) is 9.78 Å². The third-order valence-electron chi connectivity index (χ3n) is 4.81. The van der Waals surface area contributed by atoms with Crippen LogP contribution in [0.15, 0.2) is 53.4 Å². The molecule has 2 heterocycles. The molecule has 0 saturated heterocycles. The van der Waals surface area contributed by atoms with Crippen LogP contribution in [-0.2, 0) is 0 Å². The van der Waals surface area contributed by atoms with Gasteiger partial charge in [0.15, 0.2) is 0 Å². The number of thioether (sulfide) groups is 1. The standard InChI is InChI=1S/C22H22N2OS/c1-14-8-9-19-17(12-14)18(13-15(2)23-19)22(25)24-11-10-16(3)26-21-7-5-4-6-20(21)24/h4-9,12-13,16H,10-11H2,1-3H3. The minimum absolute atomic E-state index is 0.0632. The summed E-state index contributed by atoms with van der Waals surface area (Å²) in [4.78, 5) is 21.3. The molecule has 0 radical (unpaired) electrons. The minimum Gasteiger partial charge on any atom is -0.307 e. The van der Waals surface area contributed by atoms with Crippen molar-refractivity contribution in [2.45, 2.75) is 37.3 Å². The molecule has 1 aromatic heterocycles. The average Bonchev–Trinajstić information content (AvgIpc) is 2.79. The lowest BCUT2D eigenvalue weighted by Gasteiger charge is -2.23. The Morgan fingerprint density at radius 1 is 1.15 bits per heavy atom. The Morgan fingerprint density at radius 3 is 2.81 bits per heavy atom. The van der Waals surface area contributed by atoms with E-state index in [0.29, 0.717) is 5.25 Å². The van der Waals surface area contributed by atoms with E-state index in [1.165, 1.54) is 4.90 Å². The summed E-state index contributed by atoms with van der Waals surface area (Å²) in [6, 6.07) is 16.3. The van der Waals surface area contributed by atoms with Crippen LogP contribution in [0.3, 0.4) is 0 Å². The maximum atomic E-state index is 13.6. The summed E-state index contributed by atoms with van der Waals surface area (Å²) in [7, 11) is 0. The lowest BCUT2D eigenvalue weighted by molar-refractivity contribution is 0.0988. The molecule has 1 atom stereocenters. The number of benzene rings is 2. The first-order valence-electron chi connectivity index (χ1n) is 8.98. The molecule has 3 nitrogen and oxygen atoms in total. The number of anilines is 1. The second kappa shape index (κ2) is 6.76. The second-order valence-electron chi connectivity index (χ2n) is 6.97. The Kier molecular flexibility index (Phi) is 4.45. The monoisotopic (exact) mass is 362 g/mol. The molecule has 0 saturated carbocycles. The van der Waals surface area contributed by atoms with Crippen molar-refractivity contribution in [1.82, 2.24) is 4.98 Å². The highest BCUT2D eigenvalue weighted by Crippen LogP contribution is 2.38. The highest BCUT2D eigenvalue weighted by Gasteiger charge is 2.26. The fourth-order valence-corrected chi connectivity index (χ4v) is 4.61. The van der Waals surface area contributed by atoms with Crippen LogP contribution in [0.5, 0.6) is 0 Å². The molecule has 4 heteroatoms. The molecular formula is C22H22N2OS. The molecule has 0 bridgehead atoms. The van der Waals surface area contributed by atoms with Crippen LogP contribution in [0.1, 0.15) is 35.0 Å². The van der Waals surface area contributed by atoms with Gasteiger partial charge in [-0.25, -0.2) is 0 Å². The number of fused-ring (bicyclic) bond motifs is 2. The molecule has 1 aliphatic heterocycles. The molecule has 3 aromatic rings. The van der Waals surface area contributed by atoms with Gasteiger partial charge in [-0.15, -0.1) is 11.8 Å². The fraction of sp³-hybridized carbons (Fsp3) is 0.273. The Morgan fingerprint density at radius 2 is 1.96 bits per heavy atom.